The quantitative estimate of drug-likeness (QED) is 0.788. The second-order valence-corrected chi connectivity index (χ2v) is 6.22. The summed E-state index contributed by atoms with van der Waals surface area (Å²) in [6, 6.07) is 7.71. The Balaban J connectivity index is 2.15. The van der Waals surface area contributed by atoms with Gasteiger partial charge in [-0.3, -0.25) is 4.98 Å². The minimum atomic E-state index is -4.42. The van der Waals surface area contributed by atoms with Crippen LogP contribution in [0.4, 0.5) is 13.2 Å². The fourth-order valence-electron chi connectivity index (χ4n) is 1.79. The molecular formula is C14H12BrF3N2S. The van der Waals surface area contributed by atoms with Crippen LogP contribution in [0.25, 0.3) is 0 Å². The van der Waals surface area contributed by atoms with Crippen LogP contribution >= 0.6 is 27.7 Å². The highest BCUT2D eigenvalue weighted by Crippen LogP contribution is 2.35. The number of pyridine rings is 1. The normalized spacial score (nSPS) is 13.2. The Morgan fingerprint density at radius 1 is 1.24 bits per heavy atom. The van der Waals surface area contributed by atoms with Crippen molar-refractivity contribution >= 4 is 27.7 Å². The number of halogens is 4. The highest BCUT2D eigenvalue weighted by molar-refractivity contribution is 9.10. The molecule has 0 fully saturated rings. The molecule has 2 nitrogen and oxygen atoms in total. The van der Waals surface area contributed by atoms with E-state index in [-0.39, 0.29) is 5.56 Å². The van der Waals surface area contributed by atoms with Crippen LogP contribution in [0.15, 0.2) is 52.1 Å². The van der Waals surface area contributed by atoms with Crippen molar-refractivity contribution in [3.05, 3.63) is 58.3 Å². The minimum absolute atomic E-state index is 0.0181. The molecule has 0 spiro atoms. The Morgan fingerprint density at radius 3 is 2.62 bits per heavy atom. The summed E-state index contributed by atoms with van der Waals surface area (Å²) in [6.45, 7) is 0. The number of hydrogen-bond donors (Lipinski definition) is 1. The van der Waals surface area contributed by atoms with E-state index in [1.807, 2.05) is 24.3 Å². The number of thioether (sulfide) groups is 1. The molecule has 0 aliphatic carbocycles. The molecule has 112 valence electrons. The molecular weight excluding hydrogens is 365 g/mol. The third-order valence-electron chi connectivity index (χ3n) is 2.81. The van der Waals surface area contributed by atoms with Gasteiger partial charge in [0.2, 0.25) is 0 Å². The zero-order chi connectivity index (χ0) is 15.5. The van der Waals surface area contributed by atoms with Gasteiger partial charge >= 0.3 is 6.18 Å². The zero-order valence-electron chi connectivity index (χ0n) is 10.8. The van der Waals surface area contributed by atoms with Gasteiger partial charge in [0, 0.05) is 39.1 Å². The molecule has 2 rings (SSSR count). The molecule has 1 aromatic carbocycles. The van der Waals surface area contributed by atoms with E-state index in [0.29, 0.717) is 5.75 Å². The molecule has 0 amide bonds. The van der Waals surface area contributed by atoms with E-state index in [2.05, 4.69) is 20.9 Å². The molecule has 0 aliphatic heterocycles. The molecule has 1 unspecified atom stereocenters. The molecule has 0 aliphatic rings. The molecule has 0 radical (unpaired) electrons. The predicted octanol–water partition coefficient (Wildman–Crippen LogP) is 4.66. The SMILES string of the molecule is NC(CSc1ccccc1Br)c1cnccc1C(F)(F)F. The van der Waals surface area contributed by atoms with Gasteiger partial charge in [-0.2, -0.15) is 13.2 Å². The smallest absolute Gasteiger partial charge is 0.323 e. The molecule has 0 saturated heterocycles. The van der Waals surface area contributed by atoms with E-state index >= 15 is 0 Å². The number of aromatic nitrogens is 1. The molecule has 1 heterocycles. The van der Waals surface area contributed by atoms with E-state index in [0.717, 1.165) is 21.6 Å². The van der Waals surface area contributed by atoms with Gasteiger partial charge < -0.3 is 5.73 Å². The van der Waals surface area contributed by atoms with Crippen LogP contribution in [0.5, 0.6) is 0 Å². The highest BCUT2D eigenvalue weighted by Gasteiger charge is 2.34. The number of alkyl halides is 3. The van der Waals surface area contributed by atoms with Gasteiger partial charge in [0.05, 0.1) is 5.56 Å². The van der Waals surface area contributed by atoms with Gasteiger partial charge in [-0.15, -0.1) is 11.8 Å². The predicted molar refractivity (Wildman–Crippen MR) is 81.0 cm³/mol. The molecule has 2 aromatic rings. The number of nitrogens with two attached hydrogens (primary N) is 1. The fraction of sp³-hybridized carbons (Fsp3) is 0.214. The third-order valence-corrected chi connectivity index (χ3v) is 4.96. The van der Waals surface area contributed by atoms with Crippen molar-refractivity contribution in [3.63, 3.8) is 0 Å². The van der Waals surface area contributed by atoms with Crippen molar-refractivity contribution < 1.29 is 13.2 Å². The lowest BCUT2D eigenvalue weighted by Crippen LogP contribution is -2.19. The minimum Gasteiger partial charge on any atom is -0.323 e. The van der Waals surface area contributed by atoms with Crippen LogP contribution in [-0.4, -0.2) is 10.7 Å². The molecule has 1 aromatic heterocycles. The van der Waals surface area contributed by atoms with Crippen molar-refractivity contribution in [1.29, 1.82) is 0 Å². The van der Waals surface area contributed by atoms with Gasteiger partial charge in [-0.25, -0.2) is 0 Å². The van der Waals surface area contributed by atoms with E-state index in [4.69, 9.17) is 5.73 Å². The Bertz CT molecular complexity index is 619. The summed E-state index contributed by atoms with van der Waals surface area (Å²) in [5.74, 6) is 0.331. The Hall–Kier alpha value is -1.05. The average molecular weight is 377 g/mol. The molecule has 1 atom stereocenters. The number of hydrogen-bond acceptors (Lipinski definition) is 3. The number of benzene rings is 1. The van der Waals surface area contributed by atoms with E-state index in [1.165, 1.54) is 18.0 Å². The van der Waals surface area contributed by atoms with E-state index in [1.54, 1.807) is 0 Å². The first kappa shape index (κ1) is 16.3. The fourth-order valence-corrected chi connectivity index (χ4v) is 3.34. The van der Waals surface area contributed by atoms with Gasteiger partial charge in [-0.05, 0) is 34.1 Å². The summed E-state index contributed by atoms with van der Waals surface area (Å²) in [5, 5.41) is 0. The molecule has 21 heavy (non-hydrogen) atoms. The summed E-state index contributed by atoms with van der Waals surface area (Å²) < 4.78 is 39.7. The first-order valence-electron chi connectivity index (χ1n) is 6.03. The summed E-state index contributed by atoms with van der Waals surface area (Å²) in [7, 11) is 0. The van der Waals surface area contributed by atoms with Gasteiger partial charge in [0.1, 0.15) is 0 Å². The molecule has 0 saturated carbocycles. The van der Waals surface area contributed by atoms with Crippen LogP contribution in [0.3, 0.4) is 0 Å². The third kappa shape index (κ3) is 4.21. The Kier molecular flexibility index (Phi) is 5.29. The Labute approximate surface area is 133 Å². The van der Waals surface area contributed by atoms with E-state index in [9.17, 15) is 13.2 Å². The van der Waals surface area contributed by atoms with Crippen molar-refractivity contribution in [1.82, 2.24) is 4.98 Å². The van der Waals surface area contributed by atoms with Crippen LogP contribution in [0.2, 0.25) is 0 Å². The maximum Gasteiger partial charge on any atom is 0.416 e. The molecule has 2 N–H and O–H groups in total. The Morgan fingerprint density at radius 2 is 1.95 bits per heavy atom. The lowest BCUT2D eigenvalue weighted by atomic mass is 10.0. The molecule has 0 bridgehead atoms. The number of rotatable bonds is 4. The van der Waals surface area contributed by atoms with Crippen molar-refractivity contribution in [3.8, 4) is 0 Å². The van der Waals surface area contributed by atoms with E-state index < -0.39 is 17.8 Å². The number of nitrogens with zero attached hydrogens (tertiary/aromatic N) is 1. The van der Waals surface area contributed by atoms with Gasteiger partial charge in [-0.1, -0.05) is 12.1 Å². The summed E-state index contributed by atoms with van der Waals surface area (Å²) >= 11 is 4.80. The first-order chi connectivity index (χ1) is 9.89. The van der Waals surface area contributed by atoms with Crippen molar-refractivity contribution in [2.45, 2.75) is 17.1 Å². The standard InChI is InChI=1S/C14H12BrF3N2S/c15-11-3-1-2-4-13(11)21-8-12(19)9-7-20-6-5-10(9)14(16,17)18/h1-7,12H,8,19H2. The zero-order valence-corrected chi connectivity index (χ0v) is 13.2. The van der Waals surface area contributed by atoms with Crippen LogP contribution in [-0.2, 0) is 6.18 Å². The maximum atomic E-state index is 12.9. The largest absolute Gasteiger partial charge is 0.416 e. The van der Waals surface area contributed by atoms with Crippen LogP contribution in [0, 0.1) is 0 Å². The van der Waals surface area contributed by atoms with Crippen molar-refractivity contribution in [2.24, 2.45) is 5.73 Å². The van der Waals surface area contributed by atoms with Crippen LogP contribution < -0.4 is 5.73 Å². The molecule has 7 heteroatoms. The van der Waals surface area contributed by atoms with Gasteiger partial charge in [0.15, 0.2) is 0 Å². The summed E-state index contributed by atoms with van der Waals surface area (Å²) in [5.41, 5.74) is 5.21. The lowest BCUT2D eigenvalue weighted by Gasteiger charge is -2.17. The van der Waals surface area contributed by atoms with Crippen molar-refractivity contribution in [2.75, 3.05) is 5.75 Å². The van der Waals surface area contributed by atoms with Gasteiger partial charge in [0.25, 0.3) is 0 Å². The average Bonchev–Trinajstić information content (AvgIpc) is 2.45. The lowest BCUT2D eigenvalue weighted by molar-refractivity contribution is -0.138. The second kappa shape index (κ2) is 6.81. The maximum absolute atomic E-state index is 12.9. The topological polar surface area (TPSA) is 38.9 Å². The summed E-state index contributed by atoms with van der Waals surface area (Å²) in [4.78, 5) is 4.69. The highest BCUT2D eigenvalue weighted by atomic mass is 79.9. The second-order valence-electron chi connectivity index (χ2n) is 4.31. The first-order valence-corrected chi connectivity index (χ1v) is 7.81. The monoisotopic (exact) mass is 376 g/mol. The van der Waals surface area contributed by atoms with Crippen LogP contribution in [0.1, 0.15) is 17.2 Å². The summed E-state index contributed by atoms with van der Waals surface area (Å²) in [6.07, 6.45) is -2.11.